The van der Waals surface area contributed by atoms with E-state index in [-0.39, 0.29) is 11.3 Å². The summed E-state index contributed by atoms with van der Waals surface area (Å²) in [6.45, 7) is 11.9. The normalized spacial score (nSPS) is 16.3. The fourth-order valence-electron chi connectivity index (χ4n) is 5.44. The Hall–Kier alpha value is -4.19. The number of aryl methyl sites for hydroxylation is 1. The average molecular weight is 494 g/mol. The predicted octanol–water partition coefficient (Wildman–Crippen LogP) is 6.18. The number of hydrogen-bond acceptors (Lipinski definition) is 4. The summed E-state index contributed by atoms with van der Waals surface area (Å²) in [5.41, 5.74) is 11.4. The Bertz CT molecular complexity index is 1470. The molecule has 1 N–H and O–H groups in total. The molecule has 188 valence electrons. The summed E-state index contributed by atoms with van der Waals surface area (Å²) in [4.78, 5) is 27.5. The molecule has 1 amide bonds. The number of nitrogens with zero attached hydrogens (tertiary/aromatic N) is 3. The highest BCUT2D eigenvalue weighted by atomic mass is 16.4. The number of carbonyl (C=O) groups excluding carboxylic acids is 1. The molecule has 0 saturated heterocycles. The van der Waals surface area contributed by atoms with Crippen LogP contribution in [0.25, 0.3) is 6.08 Å². The van der Waals surface area contributed by atoms with Gasteiger partial charge in [-0.15, -0.1) is 0 Å². The molecule has 0 atom stereocenters. The molecular formula is C31H31N3O3. The van der Waals surface area contributed by atoms with Crippen molar-refractivity contribution in [2.24, 2.45) is 5.10 Å². The Morgan fingerprint density at radius 3 is 2.22 bits per heavy atom. The third kappa shape index (κ3) is 4.12. The van der Waals surface area contributed by atoms with E-state index >= 15 is 0 Å². The number of carboxylic acid groups (broad SMARTS) is 1. The quantitative estimate of drug-likeness (QED) is 0.440. The fraction of sp³-hybridized carbons (Fsp3) is 0.258. The molecule has 0 unspecified atom stereocenters. The zero-order valence-electron chi connectivity index (χ0n) is 21.9. The Morgan fingerprint density at radius 1 is 0.919 bits per heavy atom. The Balaban J connectivity index is 1.54. The van der Waals surface area contributed by atoms with Gasteiger partial charge in [0.2, 0.25) is 0 Å². The van der Waals surface area contributed by atoms with Crippen molar-refractivity contribution in [1.29, 1.82) is 0 Å². The van der Waals surface area contributed by atoms with E-state index in [2.05, 4.69) is 56.8 Å². The minimum absolute atomic E-state index is 0.0837. The number of para-hydroxylation sites is 1. The van der Waals surface area contributed by atoms with Gasteiger partial charge in [-0.3, -0.25) is 4.79 Å². The van der Waals surface area contributed by atoms with Gasteiger partial charge in [0, 0.05) is 17.9 Å². The van der Waals surface area contributed by atoms with Gasteiger partial charge in [0.1, 0.15) is 0 Å². The van der Waals surface area contributed by atoms with Gasteiger partial charge in [-0.25, -0.2) is 4.79 Å². The summed E-state index contributed by atoms with van der Waals surface area (Å²) in [5, 5.41) is 15.0. The molecule has 0 bridgehead atoms. The first-order chi connectivity index (χ1) is 17.7. The third-order valence-electron chi connectivity index (χ3n) is 7.84. The summed E-state index contributed by atoms with van der Waals surface area (Å²) in [7, 11) is 0. The first-order valence-corrected chi connectivity index (χ1v) is 12.6. The van der Waals surface area contributed by atoms with Crippen LogP contribution in [0.4, 0.5) is 17.1 Å². The smallest absolute Gasteiger partial charge is 0.357 e. The van der Waals surface area contributed by atoms with E-state index in [9.17, 15) is 14.7 Å². The van der Waals surface area contributed by atoms with E-state index in [4.69, 9.17) is 0 Å². The van der Waals surface area contributed by atoms with E-state index < -0.39 is 11.9 Å². The second-order valence-electron chi connectivity index (χ2n) is 9.88. The first kappa shape index (κ1) is 24.5. The van der Waals surface area contributed by atoms with Crippen molar-refractivity contribution in [3.05, 3.63) is 93.0 Å². The van der Waals surface area contributed by atoms with Crippen LogP contribution in [0.3, 0.4) is 0 Å². The summed E-state index contributed by atoms with van der Waals surface area (Å²) in [6, 6.07) is 15.0. The maximum absolute atomic E-state index is 13.2. The van der Waals surface area contributed by atoms with E-state index in [1.165, 1.54) is 39.1 Å². The second-order valence-corrected chi connectivity index (χ2v) is 9.88. The highest BCUT2D eigenvalue weighted by Gasteiger charge is 2.35. The van der Waals surface area contributed by atoms with Gasteiger partial charge in [0.15, 0.2) is 5.71 Å². The largest absolute Gasteiger partial charge is 0.476 e. The predicted molar refractivity (Wildman–Crippen MR) is 149 cm³/mol. The molecule has 2 aliphatic rings. The van der Waals surface area contributed by atoms with Crippen LogP contribution in [0.15, 0.2) is 59.2 Å². The van der Waals surface area contributed by atoms with Crippen LogP contribution < -0.4 is 9.91 Å². The Morgan fingerprint density at radius 2 is 1.57 bits per heavy atom. The molecular weight excluding hydrogens is 462 g/mol. The number of carbonyl (C=O) groups is 2. The van der Waals surface area contributed by atoms with Gasteiger partial charge in [-0.05, 0) is 117 Å². The zero-order valence-corrected chi connectivity index (χ0v) is 21.9. The summed E-state index contributed by atoms with van der Waals surface area (Å²) < 4.78 is 0. The number of hydrogen-bond donors (Lipinski definition) is 1. The zero-order chi connectivity index (χ0) is 26.4. The molecule has 0 aromatic heterocycles. The lowest BCUT2D eigenvalue weighted by Crippen LogP contribution is -2.26. The highest BCUT2D eigenvalue weighted by molar-refractivity contribution is 6.53. The number of amides is 1. The number of aliphatic carboxylic acids is 1. The summed E-state index contributed by atoms with van der Waals surface area (Å²) in [6.07, 6.45) is 3.59. The monoisotopic (exact) mass is 493 g/mol. The lowest BCUT2D eigenvalue weighted by Gasteiger charge is -2.35. The number of fused-ring (bicyclic) bond motifs is 1. The maximum Gasteiger partial charge on any atom is 0.357 e. The number of anilines is 3. The minimum atomic E-state index is -1.22. The SMILES string of the molecule is Cc1c(C)c(C)c(N2CCCc3cc(/C=C4\C(=O)N(c5ccccc5)N=C4C(=O)O)ccc32)c(C)c1C. The van der Waals surface area contributed by atoms with Crippen molar-refractivity contribution in [3.63, 3.8) is 0 Å². The number of carboxylic acids is 1. The molecule has 3 aromatic carbocycles. The van der Waals surface area contributed by atoms with Crippen molar-refractivity contribution in [2.45, 2.75) is 47.5 Å². The van der Waals surface area contributed by atoms with Crippen LogP contribution in [0.5, 0.6) is 0 Å². The number of rotatable bonds is 4. The molecule has 2 aliphatic heterocycles. The van der Waals surface area contributed by atoms with Crippen LogP contribution >= 0.6 is 0 Å². The third-order valence-corrected chi connectivity index (χ3v) is 7.84. The van der Waals surface area contributed by atoms with E-state index in [1.54, 1.807) is 30.3 Å². The molecule has 6 nitrogen and oxygen atoms in total. The molecule has 6 heteroatoms. The fourth-order valence-corrected chi connectivity index (χ4v) is 5.44. The molecule has 0 fully saturated rings. The van der Waals surface area contributed by atoms with Gasteiger partial charge < -0.3 is 10.0 Å². The van der Waals surface area contributed by atoms with Gasteiger partial charge in [-0.2, -0.15) is 10.1 Å². The minimum Gasteiger partial charge on any atom is -0.476 e. The van der Waals surface area contributed by atoms with Gasteiger partial charge >= 0.3 is 5.97 Å². The highest BCUT2D eigenvalue weighted by Crippen LogP contribution is 2.41. The standard InChI is InChI=1S/C31H31N3O3/c1-18-19(2)21(4)29(22(5)20(18)3)33-15-9-10-24-16-23(13-14-27(24)33)17-26-28(31(36)37)32-34(30(26)35)25-11-7-6-8-12-25/h6-8,11-14,16-17H,9-10,15H2,1-5H3,(H,36,37)/b26-17-. The van der Waals surface area contributed by atoms with Crippen molar-refractivity contribution in [2.75, 3.05) is 16.5 Å². The molecule has 5 rings (SSSR count). The number of benzene rings is 3. The van der Waals surface area contributed by atoms with Crippen molar-refractivity contribution < 1.29 is 14.7 Å². The summed E-state index contributed by atoms with van der Waals surface area (Å²) in [5.74, 6) is -1.67. The molecule has 0 spiro atoms. The van der Waals surface area contributed by atoms with Crippen LogP contribution in [-0.4, -0.2) is 29.2 Å². The van der Waals surface area contributed by atoms with Crippen LogP contribution in [0.1, 0.15) is 45.4 Å². The van der Waals surface area contributed by atoms with E-state index in [1.807, 2.05) is 12.1 Å². The van der Waals surface area contributed by atoms with E-state index in [0.717, 1.165) is 35.6 Å². The molecule has 2 heterocycles. The molecule has 0 radical (unpaired) electrons. The average Bonchev–Trinajstić information content (AvgIpc) is 3.23. The van der Waals surface area contributed by atoms with Gasteiger partial charge in [0.25, 0.3) is 5.91 Å². The topological polar surface area (TPSA) is 73.2 Å². The Kier molecular flexibility index (Phi) is 6.20. The Labute approximate surface area is 217 Å². The molecule has 0 aliphatic carbocycles. The number of hydrazone groups is 1. The van der Waals surface area contributed by atoms with Crippen LogP contribution in [0.2, 0.25) is 0 Å². The van der Waals surface area contributed by atoms with Crippen LogP contribution in [0, 0.1) is 34.6 Å². The maximum atomic E-state index is 13.2. The van der Waals surface area contributed by atoms with Crippen molar-refractivity contribution >= 4 is 40.7 Å². The molecule has 37 heavy (non-hydrogen) atoms. The van der Waals surface area contributed by atoms with Crippen molar-refractivity contribution in [1.82, 2.24) is 0 Å². The van der Waals surface area contributed by atoms with E-state index in [0.29, 0.717) is 5.69 Å². The molecule has 0 saturated carbocycles. The summed E-state index contributed by atoms with van der Waals surface area (Å²) >= 11 is 0. The van der Waals surface area contributed by atoms with Gasteiger partial charge in [0.05, 0.1) is 11.3 Å². The lowest BCUT2D eigenvalue weighted by molar-refractivity contribution is -0.129. The van der Waals surface area contributed by atoms with Gasteiger partial charge in [-0.1, -0.05) is 24.3 Å². The molecule has 3 aromatic rings. The second kappa shape index (κ2) is 9.36. The van der Waals surface area contributed by atoms with Crippen molar-refractivity contribution in [3.8, 4) is 0 Å². The van der Waals surface area contributed by atoms with Crippen LogP contribution in [-0.2, 0) is 16.0 Å². The first-order valence-electron chi connectivity index (χ1n) is 12.6. The lowest BCUT2D eigenvalue weighted by atomic mass is 9.90.